The lowest BCUT2D eigenvalue weighted by molar-refractivity contribution is 0.821. The van der Waals surface area contributed by atoms with E-state index in [1.54, 1.807) is 6.20 Å². The van der Waals surface area contributed by atoms with Crippen molar-refractivity contribution in [2.45, 2.75) is 6.54 Å². The third-order valence-corrected chi connectivity index (χ3v) is 3.24. The summed E-state index contributed by atoms with van der Waals surface area (Å²) in [6, 6.07) is 21.0. The zero-order chi connectivity index (χ0) is 13.6. The quantitative estimate of drug-likeness (QED) is 0.693. The van der Waals surface area contributed by atoms with Gasteiger partial charge in [0, 0.05) is 18.9 Å². The molecule has 3 aromatic rings. The molecule has 0 aliphatic heterocycles. The molecule has 0 unspecified atom stereocenters. The van der Waals surface area contributed by atoms with Crippen molar-refractivity contribution in [1.29, 1.82) is 0 Å². The van der Waals surface area contributed by atoms with Gasteiger partial charge in [-0.3, -0.25) is 0 Å². The van der Waals surface area contributed by atoms with Crippen LogP contribution in [0, 0.1) is 0 Å². The zero-order valence-electron chi connectivity index (χ0n) is 11.2. The van der Waals surface area contributed by atoms with E-state index < -0.39 is 0 Å². The summed E-state index contributed by atoms with van der Waals surface area (Å²) >= 11 is 0. The van der Waals surface area contributed by atoms with Gasteiger partial charge in [-0.2, -0.15) is 0 Å². The van der Waals surface area contributed by atoms with Gasteiger partial charge < -0.3 is 4.57 Å². The molecule has 0 aliphatic rings. The van der Waals surface area contributed by atoms with E-state index in [2.05, 4.69) is 64.2 Å². The van der Waals surface area contributed by atoms with E-state index >= 15 is 0 Å². The number of hydrogen-bond acceptors (Lipinski definition) is 1. The highest BCUT2D eigenvalue weighted by molar-refractivity contribution is 5.79. The molecule has 0 saturated heterocycles. The molecule has 1 aromatic heterocycles. The molecule has 0 radical (unpaired) electrons. The first kappa shape index (κ1) is 12.4. The molecule has 0 amide bonds. The first-order valence-corrected chi connectivity index (χ1v) is 6.70. The highest BCUT2D eigenvalue weighted by Crippen LogP contribution is 2.23. The van der Waals surface area contributed by atoms with E-state index in [9.17, 15) is 0 Å². The van der Waals surface area contributed by atoms with Crippen LogP contribution in [0.2, 0.25) is 0 Å². The minimum Gasteiger partial charge on any atom is -0.334 e. The maximum absolute atomic E-state index is 4.08. The monoisotopic (exact) mass is 260 g/mol. The van der Waals surface area contributed by atoms with Gasteiger partial charge in [0.05, 0.1) is 6.33 Å². The standard InChI is InChI=1S/C18H16N2/c1-3-7-16(8-4-1)18(17-9-5-2-6-10-17)11-13-20-14-12-19-15-20/h1-12,14-15H,13H2. The van der Waals surface area contributed by atoms with Crippen LogP contribution in [0.3, 0.4) is 0 Å². The van der Waals surface area contributed by atoms with Crippen LogP contribution in [0.25, 0.3) is 5.57 Å². The topological polar surface area (TPSA) is 17.8 Å². The Morgan fingerprint density at radius 3 is 2.00 bits per heavy atom. The minimum absolute atomic E-state index is 0.819. The van der Waals surface area contributed by atoms with Gasteiger partial charge in [-0.1, -0.05) is 66.7 Å². The summed E-state index contributed by atoms with van der Waals surface area (Å²) in [7, 11) is 0. The SMILES string of the molecule is C(Cn1ccnc1)=C(c1ccccc1)c1ccccc1. The summed E-state index contributed by atoms with van der Waals surface area (Å²) in [6.07, 6.45) is 7.86. The molecular weight excluding hydrogens is 244 g/mol. The Morgan fingerprint density at radius 2 is 1.50 bits per heavy atom. The molecule has 0 atom stereocenters. The summed E-state index contributed by atoms with van der Waals surface area (Å²) in [4.78, 5) is 4.08. The van der Waals surface area contributed by atoms with E-state index in [1.165, 1.54) is 16.7 Å². The molecule has 2 aromatic carbocycles. The highest BCUT2D eigenvalue weighted by atomic mass is 15.0. The molecule has 0 N–H and O–H groups in total. The van der Waals surface area contributed by atoms with Crippen LogP contribution in [0.4, 0.5) is 0 Å². The lowest BCUT2D eigenvalue weighted by Crippen LogP contribution is -1.94. The van der Waals surface area contributed by atoms with Crippen molar-refractivity contribution in [2.75, 3.05) is 0 Å². The van der Waals surface area contributed by atoms with E-state index in [0.717, 1.165) is 6.54 Å². The number of aromatic nitrogens is 2. The average Bonchev–Trinajstić information content (AvgIpc) is 3.03. The predicted octanol–water partition coefficient (Wildman–Crippen LogP) is 4.02. The second-order valence-corrected chi connectivity index (χ2v) is 4.61. The van der Waals surface area contributed by atoms with Crippen molar-refractivity contribution in [3.8, 4) is 0 Å². The van der Waals surface area contributed by atoms with Crippen LogP contribution in [0.15, 0.2) is 85.5 Å². The molecule has 3 rings (SSSR count). The van der Waals surface area contributed by atoms with Crippen LogP contribution in [0.5, 0.6) is 0 Å². The summed E-state index contributed by atoms with van der Waals surface area (Å²) in [5.74, 6) is 0. The molecule has 20 heavy (non-hydrogen) atoms. The smallest absolute Gasteiger partial charge is 0.0948 e. The number of allylic oxidation sites excluding steroid dienone is 1. The molecule has 2 heteroatoms. The Hall–Kier alpha value is -2.61. The first-order chi connectivity index (χ1) is 9.93. The summed E-state index contributed by atoms with van der Waals surface area (Å²) in [5, 5.41) is 0. The molecule has 0 saturated carbocycles. The van der Waals surface area contributed by atoms with Gasteiger partial charge in [0.1, 0.15) is 0 Å². The van der Waals surface area contributed by atoms with Crippen LogP contribution in [-0.4, -0.2) is 9.55 Å². The van der Waals surface area contributed by atoms with Crippen molar-refractivity contribution < 1.29 is 0 Å². The molecular formula is C18H16N2. The Kier molecular flexibility index (Phi) is 3.74. The predicted molar refractivity (Wildman–Crippen MR) is 82.2 cm³/mol. The van der Waals surface area contributed by atoms with Crippen molar-refractivity contribution >= 4 is 5.57 Å². The molecule has 0 spiro atoms. The van der Waals surface area contributed by atoms with Gasteiger partial charge in [0.2, 0.25) is 0 Å². The normalized spacial score (nSPS) is 10.2. The van der Waals surface area contributed by atoms with Gasteiger partial charge in [-0.05, 0) is 16.7 Å². The zero-order valence-corrected chi connectivity index (χ0v) is 11.2. The molecule has 2 nitrogen and oxygen atoms in total. The molecule has 0 fully saturated rings. The van der Waals surface area contributed by atoms with Crippen molar-refractivity contribution in [2.24, 2.45) is 0 Å². The Balaban J connectivity index is 1.98. The number of imidazole rings is 1. The third-order valence-electron chi connectivity index (χ3n) is 3.24. The van der Waals surface area contributed by atoms with Crippen molar-refractivity contribution in [1.82, 2.24) is 9.55 Å². The van der Waals surface area contributed by atoms with Crippen LogP contribution in [0.1, 0.15) is 11.1 Å². The van der Waals surface area contributed by atoms with Crippen molar-refractivity contribution in [3.05, 3.63) is 96.6 Å². The van der Waals surface area contributed by atoms with Gasteiger partial charge in [-0.25, -0.2) is 4.98 Å². The average molecular weight is 260 g/mol. The van der Waals surface area contributed by atoms with Crippen LogP contribution < -0.4 is 0 Å². The van der Waals surface area contributed by atoms with E-state index in [-0.39, 0.29) is 0 Å². The van der Waals surface area contributed by atoms with Crippen LogP contribution >= 0.6 is 0 Å². The van der Waals surface area contributed by atoms with E-state index in [4.69, 9.17) is 0 Å². The van der Waals surface area contributed by atoms with Gasteiger partial charge in [0.15, 0.2) is 0 Å². The Labute approximate surface area is 119 Å². The number of nitrogens with zero attached hydrogens (tertiary/aromatic N) is 2. The lowest BCUT2D eigenvalue weighted by Gasteiger charge is -2.09. The Morgan fingerprint density at radius 1 is 0.900 bits per heavy atom. The maximum Gasteiger partial charge on any atom is 0.0948 e. The van der Waals surface area contributed by atoms with Gasteiger partial charge in [0.25, 0.3) is 0 Å². The van der Waals surface area contributed by atoms with Crippen molar-refractivity contribution in [3.63, 3.8) is 0 Å². The minimum atomic E-state index is 0.819. The van der Waals surface area contributed by atoms with E-state index in [1.807, 2.05) is 24.7 Å². The molecule has 98 valence electrons. The number of rotatable bonds is 4. The summed E-state index contributed by atoms with van der Waals surface area (Å²) in [6.45, 7) is 0.819. The first-order valence-electron chi connectivity index (χ1n) is 6.70. The second-order valence-electron chi connectivity index (χ2n) is 4.61. The fourth-order valence-electron chi connectivity index (χ4n) is 2.23. The fraction of sp³-hybridized carbons (Fsp3) is 0.0556. The van der Waals surface area contributed by atoms with Crippen LogP contribution in [-0.2, 0) is 6.54 Å². The molecule has 0 aliphatic carbocycles. The second kappa shape index (κ2) is 6.02. The molecule has 1 heterocycles. The van der Waals surface area contributed by atoms with E-state index in [0.29, 0.717) is 0 Å². The Bertz CT molecular complexity index is 626. The highest BCUT2D eigenvalue weighted by Gasteiger charge is 2.03. The summed E-state index contributed by atoms with van der Waals surface area (Å²) in [5.41, 5.74) is 3.72. The molecule has 0 bridgehead atoms. The van der Waals surface area contributed by atoms with Gasteiger partial charge in [-0.15, -0.1) is 0 Å². The summed E-state index contributed by atoms with van der Waals surface area (Å²) < 4.78 is 2.06. The number of hydrogen-bond donors (Lipinski definition) is 0. The van der Waals surface area contributed by atoms with Gasteiger partial charge >= 0.3 is 0 Å². The fourth-order valence-corrected chi connectivity index (χ4v) is 2.23. The lowest BCUT2D eigenvalue weighted by atomic mass is 9.98. The number of benzene rings is 2. The third kappa shape index (κ3) is 2.86. The maximum atomic E-state index is 4.08. The largest absolute Gasteiger partial charge is 0.334 e.